The summed E-state index contributed by atoms with van der Waals surface area (Å²) in [7, 11) is 2.14. The molecule has 3 nitrogen and oxygen atoms in total. The lowest BCUT2D eigenvalue weighted by Crippen LogP contribution is -2.46. The van der Waals surface area contributed by atoms with Gasteiger partial charge in [-0.15, -0.1) is 0 Å². The number of nitrogens with one attached hydrogen (secondary N) is 1. The number of benzene rings is 1. The van der Waals surface area contributed by atoms with Crippen molar-refractivity contribution in [3.8, 4) is 0 Å². The van der Waals surface area contributed by atoms with E-state index in [0.29, 0.717) is 18.5 Å². The van der Waals surface area contributed by atoms with Crippen LogP contribution in [0.15, 0.2) is 36.4 Å². The van der Waals surface area contributed by atoms with Crippen molar-refractivity contribution in [1.82, 2.24) is 10.2 Å². The molecule has 1 aromatic carbocycles. The standard InChI is InChI=1S/C19H26N2O/c1-14(15-7-3-4-8-15)19(22)20-12-18-11-16-9-5-6-10-17(16)13-21(18)2/h5-6,9-10,15,18H,1,3-4,7-8,11-13H2,2H3,(H,20,22)/t18-/m1/s1. The fourth-order valence-corrected chi connectivity index (χ4v) is 3.73. The summed E-state index contributed by atoms with van der Waals surface area (Å²) in [5.41, 5.74) is 3.61. The summed E-state index contributed by atoms with van der Waals surface area (Å²) in [4.78, 5) is 14.6. The van der Waals surface area contributed by atoms with Gasteiger partial charge in [0, 0.05) is 24.7 Å². The minimum Gasteiger partial charge on any atom is -0.351 e. The van der Waals surface area contributed by atoms with Gasteiger partial charge < -0.3 is 5.32 Å². The average molecular weight is 298 g/mol. The Kier molecular flexibility index (Phi) is 4.63. The number of nitrogens with zero attached hydrogens (tertiary/aromatic N) is 1. The molecule has 0 unspecified atom stereocenters. The maximum atomic E-state index is 12.3. The zero-order chi connectivity index (χ0) is 15.5. The van der Waals surface area contributed by atoms with Crippen molar-refractivity contribution in [3.63, 3.8) is 0 Å². The van der Waals surface area contributed by atoms with Crippen LogP contribution in [0.25, 0.3) is 0 Å². The summed E-state index contributed by atoms with van der Waals surface area (Å²) in [6.07, 6.45) is 5.73. The second-order valence-electron chi connectivity index (χ2n) is 6.76. The molecule has 2 aliphatic rings. The van der Waals surface area contributed by atoms with Crippen LogP contribution in [0.2, 0.25) is 0 Å². The van der Waals surface area contributed by atoms with Crippen molar-refractivity contribution in [1.29, 1.82) is 0 Å². The van der Waals surface area contributed by atoms with Crippen molar-refractivity contribution in [2.75, 3.05) is 13.6 Å². The van der Waals surface area contributed by atoms with E-state index in [4.69, 9.17) is 0 Å². The van der Waals surface area contributed by atoms with E-state index >= 15 is 0 Å². The molecule has 3 rings (SSSR count). The Balaban J connectivity index is 1.55. The largest absolute Gasteiger partial charge is 0.351 e. The zero-order valence-corrected chi connectivity index (χ0v) is 13.5. The second kappa shape index (κ2) is 6.66. The van der Waals surface area contributed by atoms with Crippen LogP contribution in [-0.4, -0.2) is 30.4 Å². The average Bonchev–Trinajstić information content (AvgIpc) is 3.06. The van der Waals surface area contributed by atoms with Gasteiger partial charge in [-0.2, -0.15) is 0 Å². The molecule has 0 spiro atoms. The second-order valence-corrected chi connectivity index (χ2v) is 6.76. The first-order valence-electron chi connectivity index (χ1n) is 8.39. The van der Waals surface area contributed by atoms with Crippen LogP contribution >= 0.6 is 0 Å². The van der Waals surface area contributed by atoms with E-state index in [1.807, 2.05) is 0 Å². The lowest BCUT2D eigenvalue weighted by atomic mass is 9.94. The van der Waals surface area contributed by atoms with Gasteiger partial charge in [0.2, 0.25) is 5.91 Å². The van der Waals surface area contributed by atoms with E-state index in [2.05, 4.69) is 48.1 Å². The normalized spacial score (nSPS) is 22.3. The van der Waals surface area contributed by atoms with Crippen molar-refractivity contribution >= 4 is 5.91 Å². The summed E-state index contributed by atoms with van der Waals surface area (Å²) >= 11 is 0. The molecule has 0 aromatic heterocycles. The van der Waals surface area contributed by atoms with Crippen LogP contribution in [0.1, 0.15) is 36.8 Å². The highest BCUT2D eigenvalue weighted by atomic mass is 16.1. The van der Waals surface area contributed by atoms with Gasteiger partial charge in [-0.25, -0.2) is 0 Å². The Labute approximate surface area is 133 Å². The van der Waals surface area contributed by atoms with Gasteiger partial charge in [-0.1, -0.05) is 43.7 Å². The number of carbonyl (C=O) groups is 1. The molecule has 0 radical (unpaired) electrons. The molecule has 22 heavy (non-hydrogen) atoms. The molecule has 0 saturated heterocycles. The van der Waals surface area contributed by atoms with Gasteiger partial charge in [0.15, 0.2) is 0 Å². The van der Waals surface area contributed by atoms with E-state index in [1.54, 1.807) is 0 Å². The number of carbonyl (C=O) groups excluding carboxylic acids is 1. The number of amides is 1. The summed E-state index contributed by atoms with van der Waals surface area (Å²) in [6, 6.07) is 8.97. The molecule has 1 fully saturated rings. The van der Waals surface area contributed by atoms with Crippen molar-refractivity contribution < 1.29 is 4.79 Å². The number of rotatable bonds is 4. The first kappa shape index (κ1) is 15.3. The molecule has 1 N–H and O–H groups in total. The lowest BCUT2D eigenvalue weighted by Gasteiger charge is -2.34. The molecule has 0 bridgehead atoms. The van der Waals surface area contributed by atoms with Crippen molar-refractivity contribution in [2.45, 2.75) is 44.7 Å². The third kappa shape index (κ3) is 3.25. The van der Waals surface area contributed by atoms with E-state index in [0.717, 1.165) is 31.4 Å². The Morgan fingerprint density at radius 2 is 1.95 bits per heavy atom. The van der Waals surface area contributed by atoms with Crippen LogP contribution < -0.4 is 5.32 Å². The van der Waals surface area contributed by atoms with Gasteiger partial charge >= 0.3 is 0 Å². The van der Waals surface area contributed by atoms with E-state index < -0.39 is 0 Å². The smallest absolute Gasteiger partial charge is 0.246 e. The Hall–Kier alpha value is -1.61. The van der Waals surface area contributed by atoms with Crippen molar-refractivity contribution in [3.05, 3.63) is 47.5 Å². The predicted octanol–water partition coefficient (Wildman–Crippen LogP) is 2.91. The van der Waals surface area contributed by atoms with Crippen LogP contribution in [0.4, 0.5) is 0 Å². The highest BCUT2D eigenvalue weighted by Crippen LogP contribution is 2.30. The van der Waals surface area contributed by atoms with Gasteiger partial charge in [0.05, 0.1) is 0 Å². The molecule has 1 aromatic rings. The van der Waals surface area contributed by atoms with Gasteiger partial charge in [-0.05, 0) is 43.4 Å². The van der Waals surface area contributed by atoms with Gasteiger partial charge in [0.25, 0.3) is 0 Å². The first-order chi connectivity index (χ1) is 10.6. The molecule has 118 valence electrons. The maximum Gasteiger partial charge on any atom is 0.246 e. The zero-order valence-electron chi connectivity index (χ0n) is 13.5. The molecule has 1 aliphatic carbocycles. The number of likely N-dealkylation sites (N-methyl/N-ethyl adjacent to an activating group) is 1. The molecule has 1 atom stereocenters. The van der Waals surface area contributed by atoms with Crippen LogP contribution in [0, 0.1) is 5.92 Å². The molecule has 1 aliphatic heterocycles. The van der Waals surface area contributed by atoms with E-state index in [-0.39, 0.29) is 5.91 Å². The molecule has 1 heterocycles. The summed E-state index contributed by atoms with van der Waals surface area (Å²) in [6.45, 7) is 5.69. The highest BCUT2D eigenvalue weighted by molar-refractivity contribution is 5.93. The fourth-order valence-electron chi connectivity index (χ4n) is 3.73. The number of fused-ring (bicyclic) bond motifs is 1. The Morgan fingerprint density at radius 1 is 1.27 bits per heavy atom. The van der Waals surface area contributed by atoms with Crippen LogP contribution in [0.5, 0.6) is 0 Å². The SMILES string of the molecule is C=C(C(=O)NC[C@H]1Cc2ccccc2CN1C)C1CCCC1. The molecule has 3 heteroatoms. The lowest BCUT2D eigenvalue weighted by molar-refractivity contribution is -0.118. The Morgan fingerprint density at radius 3 is 2.68 bits per heavy atom. The summed E-state index contributed by atoms with van der Waals surface area (Å²) in [5.74, 6) is 0.462. The van der Waals surface area contributed by atoms with Gasteiger partial charge in [0.1, 0.15) is 0 Å². The Bertz CT molecular complexity index is 560. The fraction of sp³-hybridized carbons (Fsp3) is 0.526. The third-order valence-corrected chi connectivity index (χ3v) is 5.25. The van der Waals surface area contributed by atoms with Crippen molar-refractivity contribution in [2.24, 2.45) is 5.92 Å². The number of hydrogen-bond donors (Lipinski definition) is 1. The minimum atomic E-state index is 0.0548. The van der Waals surface area contributed by atoms with Gasteiger partial charge in [-0.3, -0.25) is 9.69 Å². The predicted molar refractivity (Wildman–Crippen MR) is 89.5 cm³/mol. The third-order valence-electron chi connectivity index (χ3n) is 5.25. The van der Waals surface area contributed by atoms with E-state index in [1.165, 1.54) is 24.0 Å². The number of hydrogen-bond acceptors (Lipinski definition) is 2. The monoisotopic (exact) mass is 298 g/mol. The maximum absolute atomic E-state index is 12.3. The summed E-state index contributed by atoms with van der Waals surface area (Å²) < 4.78 is 0. The topological polar surface area (TPSA) is 32.3 Å². The first-order valence-corrected chi connectivity index (χ1v) is 8.39. The summed E-state index contributed by atoms with van der Waals surface area (Å²) in [5, 5.41) is 3.11. The highest BCUT2D eigenvalue weighted by Gasteiger charge is 2.26. The minimum absolute atomic E-state index is 0.0548. The van der Waals surface area contributed by atoms with Crippen LogP contribution in [0.3, 0.4) is 0 Å². The molecule has 1 amide bonds. The van der Waals surface area contributed by atoms with E-state index in [9.17, 15) is 4.79 Å². The quantitative estimate of drug-likeness (QED) is 0.867. The molecule has 1 saturated carbocycles. The van der Waals surface area contributed by atoms with Crippen LogP contribution in [-0.2, 0) is 17.8 Å². The molecular formula is C19H26N2O. The molecular weight excluding hydrogens is 272 g/mol.